The first kappa shape index (κ1) is 25.8. The minimum Gasteiger partial charge on any atom is -0.481 e. The van der Waals surface area contributed by atoms with Gasteiger partial charge in [-0.2, -0.15) is 10.1 Å². The lowest BCUT2D eigenvalue weighted by Gasteiger charge is -2.36. The van der Waals surface area contributed by atoms with Gasteiger partial charge in [-0.15, -0.1) is 0 Å². The smallest absolute Gasteiger partial charge is 0.350 e. The van der Waals surface area contributed by atoms with Crippen molar-refractivity contribution in [1.82, 2.24) is 34.6 Å². The van der Waals surface area contributed by atoms with Crippen molar-refractivity contribution >= 4 is 17.4 Å². The van der Waals surface area contributed by atoms with E-state index in [1.165, 1.54) is 15.6 Å². The summed E-state index contributed by atoms with van der Waals surface area (Å²) in [6, 6.07) is 11.7. The van der Waals surface area contributed by atoms with Gasteiger partial charge in [0.2, 0.25) is 5.88 Å². The molecule has 0 bridgehead atoms. The fourth-order valence-electron chi connectivity index (χ4n) is 4.66. The van der Waals surface area contributed by atoms with E-state index >= 15 is 0 Å². The van der Waals surface area contributed by atoms with Crippen LogP contribution in [0.5, 0.6) is 5.88 Å². The molecule has 4 heterocycles. The normalized spacial score (nSPS) is 17.3. The van der Waals surface area contributed by atoms with Gasteiger partial charge in [-0.1, -0.05) is 30.7 Å². The number of piperazine rings is 1. The van der Waals surface area contributed by atoms with Crippen LogP contribution in [-0.2, 0) is 0 Å². The second kappa shape index (κ2) is 11.3. The molecule has 12 heteroatoms. The molecule has 3 atom stereocenters. The molecule has 5 rings (SSSR count). The first-order valence-electron chi connectivity index (χ1n) is 12.4. The summed E-state index contributed by atoms with van der Waals surface area (Å²) < 4.78 is 8.01. The molecule has 0 amide bonds. The molecule has 2 unspecified atom stereocenters. The van der Waals surface area contributed by atoms with Crippen molar-refractivity contribution in [2.75, 3.05) is 31.6 Å². The Bertz CT molecular complexity index is 1420. The van der Waals surface area contributed by atoms with Gasteiger partial charge in [0.15, 0.2) is 5.82 Å². The number of rotatable bonds is 8. The van der Waals surface area contributed by atoms with Crippen LogP contribution in [0.3, 0.4) is 0 Å². The number of pyridine rings is 1. The fourth-order valence-corrected chi connectivity index (χ4v) is 4.79. The molecule has 1 saturated heterocycles. The van der Waals surface area contributed by atoms with Crippen molar-refractivity contribution in [2.24, 2.45) is 0 Å². The van der Waals surface area contributed by atoms with E-state index in [4.69, 9.17) is 16.3 Å². The van der Waals surface area contributed by atoms with Crippen molar-refractivity contribution in [3.05, 3.63) is 88.1 Å². The van der Waals surface area contributed by atoms with Gasteiger partial charge < -0.3 is 20.1 Å². The first-order chi connectivity index (χ1) is 18.5. The van der Waals surface area contributed by atoms with Gasteiger partial charge in [-0.05, 0) is 36.2 Å². The highest BCUT2D eigenvalue weighted by Gasteiger charge is 2.28. The van der Waals surface area contributed by atoms with Crippen LogP contribution in [-0.4, -0.2) is 61.2 Å². The largest absolute Gasteiger partial charge is 0.481 e. The molecule has 0 spiro atoms. The minimum absolute atomic E-state index is 0.123. The molecule has 1 fully saturated rings. The van der Waals surface area contributed by atoms with E-state index in [-0.39, 0.29) is 11.7 Å². The summed E-state index contributed by atoms with van der Waals surface area (Å²) in [5, 5.41) is 19.2. The first-order valence-corrected chi connectivity index (χ1v) is 12.8. The van der Waals surface area contributed by atoms with Gasteiger partial charge in [0.05, 0.1) is 25.0 Å². The van der Waals surface area contributed by atoms with Crippen LogP contribution < -0.4 is 20.6 Å². The molecule has 1 aliphatic heterocycles. The molecule has 2 N–H and O–H groups in total. The second-order valence-electron chi connectivity index (χ2n) is 8.95. The van der Waals surface area contributed by atoms with Gasteiger partial charge >= 0.3 is 5.69 Å². The Morgan fingerprint density at radius 2 is 2.00 bits per heavy atom. The maximum atomic E-state index is 13.3. The Morgan fingerprint density at radius 3 is 2.71 bits per heavy atom. The Balaban J connectivity index is 1.39. The molecule has 198 valence electrons. The third-order valence-corrected chi connectivity index (χ3v) is 6.96. The van der Waals surface area contributed by atoms with E-state index in [9.17, 15) is 9.90 Å². The molecule has 38 heavy (non-hydrogen) atoms. The van der Waals surface area contributed by atoms with Crippen LogP contribution in [0.1, 0.15) is 42.9 Å². The summed E-state index contributed by atoms with van der Waals surface area (Å²) in [6.07, 6.45) is 4.37. The molecule has 0 radical (unpaired) electrons. The SMILES string of the molecule is CCC([C@H](O)c1ccc(Cl)cc1)n1ncn(-c2ccc(N3CCNCC3c3nccc(OC)n3)nc2)c1=O. The van der Waals surface area contributed by atoms with Crippen LogP contribution >= 0.6 is 11.6 Å². The predicted molar refractivity (Wildman–Crippen MR) is 143 cm³/mol. The Labute approximate surface area is 224 Å². The third-order valence-electron chi connectivity index (χ3n) is 6.71. The summed E-state index contributed by atoms with van der Waals surface area (Å²) >= 11 is 5.98. The average molecular weight is 537 g/mol. The zero-order chi connectivity index (χ0) is 26.6. The molecular formula is C26H29ClN8O3. The number of hydrogen-bond donors (Lipinski definition) is 2. The van der Waals surface area contributed by atoms with Crippen LogP contribution in [0.4, 0.5) is 5.82 Å². The zero-order valence-electron chi connectivity index (χ0n) is 21.1. The monoisotopic (exact) mass is 536 g/mol. The number of nitrogens with one attached hydrogen (secondary N) is 1. The van der Waals surface area contributed by atoms with E-state index in [2.05, 4.69) is 30.3 Å². The van der Waals surface area contributed by atoms with E-state index in [0.29, 0.717) is 40.9 Å². The zero-order valence-corrected chi connectivity index (χ0v) is 21.9. The van der Waals surface area contributed by atoms with Crippen molar-refractivity contribution in [3.63, 3.8) is 0 Å². The number of nitrogens with zero attached hydrogens (tertiary/aromatic N) is 7. The third kappa shape index (κ3) is 5.13. The molecule has 3 aromatic heterocycles. The molecule has 1 aromatic carbocycles. The molecule has 1 aliphatic rings. The van der Waals surface area contributed by atoms with Crippen LogP contribution in [0.25, 0.3) is 5.69 Å². The van der Waals surface area contributed by atoms with E-state index in [0.717, 1.165) is 18.9 Å². The highest BCUT2D eigenvalue weighted by molar-refractivity contribution is 6.30. The molecule has 4 aromatic rings. The van der Waals surface area contributed by atoms with Gasteiger partial charge in [0, 0.05) is 36.9 Å². The number of aliphatic hydroxyl groups excluding tert-OH is 1. The Morgan fingerprint density at radius 1 is 1.18 bits per heavy atom. The lowest BCUT2D eigenvalue weighted by molar-refractivity contribution is 0.101. The van der Waals surface area contributed by atoms with E-state index in [1.807, 2.05) is 19.1 Å². The summed E-state index contributed by atoms with van der Waals surface area (Å²) in [5.74, 6) is 1.90. The van der Waals surface area contributed by atoms with Gasteiger partial charge in [-0.25, -0.2) is 24.0 Å². The quantitative estimate of drug-likeness (QED) is 0.350. The number of hydrogen-bond acceptors (Lipinski definition) is 9. The van der Waals surface area contributed by atoms with Crippen LogP contribution in [0, 0.1) is 0 Å². The summed E-state index contributed by atoms with van der Waals surface area (Å²) in [7, 11) is 1.58. The topological polar surface area (TPSA) is 123 Å². The van der Waals surface area contributed by atoms with E-state index < -0.39 is 12.1 Å². The van der Waals surface area contributed by atoms with Crippen molar-refractivity contribution < 1.29 is 9.84 Å². The van der Waals surface area contributed by atoms with Crippen molar-refractivity contribution in [2.45, 2.75) is 31.5 Å². The van der Waals surface area contributed by atoms with Crippen LogP contribution in [0.2, 0.25) is 5.02 Å². The van der Waals surface area contributed by atoms with E-state index in [1.54, 1.807) is 49.8 Å². The second-order valence-corrected chi connectivity index (χ2v) is 9.38. The van der Waals surface area contributed by atoms with Gasteiger partial charge in [-0.3, -0.25) is 0 Å². The van der Waals surface area contributed by atoms with Crippen LogP contribution in [0.15, 0.2) is 66.0 Å². The highest BCUT2D eigenvalue weighted by atomic mass is 35.5. The molecule has 0 saturated carbocycles. The molecule has 11 nitrogen and oxygen atoms in total. The maximum absolute atomic E-state index is 13.3. The number of ether oxygens (including phenoxy) is 1. The lowest BCUT2D eigenvalue weighted by Crippen LogP contribution is -2.47. The number of halogens is 1. The minimum atomic E-state index is -0.915. The lowest BCUT2D eigenvalue weighted by atomic mass is 10.0. The van der Waals surface area contributed by atoms with Gasteiger partial charge in [0.1, 0.15) is 24.3 Å². The summed E-state index contributed by atoms with van der Waals surface area (Å²) in [5.41, 5.74) is 0.883. The standard InChI is InChI=1S/C26H29ClN8O3/c1-3-20(24(36)17-4-6-18(27)7-5-17)35-26(37)34(16-31-35)19-8-9-22(30-14-19)33-13-12-28-15-21(33)25-29-11-10-23(32-25)38-2/h4-11,14,16,20-21,24,28,36H,3,12-13,15H2,1-2H3/t20?,21?,24-/m1/s1. The number of methoxy groups -OCH3 is 1. The van der Waals surface area contributed by atoms with Gasteiger partial charge in [0.25, 0.3) is 0 Å². The number of benzene rings is 1. The van der Waals surface area contributed by atoms with Crippen molar-refractivity contribution in [1.29, 1.82) is 0 Å². The predicted octanol–water partition coefficient (Wildman–Crippen LogP) is 2.72. The number of aliphatic hydroxyl groups is 1. The molecular weight excluding hydrogens is 508 g/mol. The summed E-state index contributed by atoms with van der Waals surface area (Å²) in [4.78, 5) is 29.0. The fraction of sp³-hybridized carbons (Fsp3) is 0.346. The summed E-state index contributed by atoms with van der Waals surface area (Å²) in [6.45, 7) is 4.08. The number of anilines is 1. The molecule has 0 aliphatic carbocycles. The maximum Gasteiger partial charge on any atom is 0.350 e. The highest BCUT2D eigenvalue weighted by Crippen LogP contribution is 2.29. The Kier molecular flexibility index (Phi) is 7.68. The van der Waals surface area contributed by atoms with Crippen molar-refractivity contribution in [3.8, 4) is 11.6 Å². The Hall–Kier alpha value is -3.80. The average Bonchev–Trinajstić information content (AvgIpc) is 3.34. The number of aromatic nitrogens is 6.